The fourth-order valence-corrected chi connectivity index (χ4v) is 1.56. The van der Waals surface area contributed by atoms with E-state index in [4.69, 9.17) is 10.8 Å². The summed E-state index contributed by atoms with van der Waals surface area (Å²) < 4.78 is 112. The van der Waals surface area contributed by atoms with Crippen molar-refractivity contribution in [3.63, 3.8) is 0 Å². The molecule has 0 bridgehead atoms. The van der Waals surface area contributed by atoms with Crippen molar-refractivity contribution in [2.45, 2.75) is 30.7 Å². The fraction of sp³-hybridized carbons (Fsp3) is 0.455. The van der Waals surface area contributed by atoms with Crippen molar-refractivity contribution in [3.8, 4) is 0 Å². The van der Waals surface area contributed by atoms with E-state index >= 15 is 0 Å². The molecule has 134 valence electrons. The van der Waals surface area contributed by atoms with E-state index in [1.165, 1.54) is 0 Å². The molecule has 1 aromatic carbocycles. The number of hydrogen-bond donors (Lipinski definition) is 2. The lowest BCUT2D eigenvalue weighted by Crippen LogP contribution is -2.39. The van der Waals surface area contributed by atoms with E-state index in [-0.39, 0.29) is 30.6 Å². The van der Waals surface area contributed by atoms with Crippen molar-refractivity contribution in [3.05, 3.63) is 34.9 Å². The number of benzene rings is 1. The molecule has 0 aliphatic rings. The Morgan fingerprint density at radius 1 is 0.783 bits per heavy atom. The quantitative estimate of drug-likeness (QED) is 0.763. The molecule has 23 heavy (non-hydrogen) atoms. The van der Waals surface area contributed by atoms with Crippen LogP contribution in [0.4, 0.5) is 39.5 Å². The standard InChI is InChI=1S/C11H8F9NO.ClH/c12-9(13,14)5-1-4(2-6(3-5)10(15,16)17)7(21)8(22)11(18,19)20;/h1-3,7-8,22H,21H2;1H/t7-,8-;/m1./s1. The lowest BCUT2D eigenvalue weighted by atomic mass is 9.96. The van der Waals surface area contributed by atoms with E-state index in [2.05, 4.69) is 0 Å². The number of aliphatic hydroxyl groups excluding tert-OH is 1. The average Bonchev–Trinajstić information content (AvgIpc) is 2.33. The molecule has 0 heterocycles. The van der Waals surface area contributed by atoms with Crippen LogP contribution in [0, 0.1) is 0 Å². The molecule has 0 aliphatic carbocycles. The number of aliphatic hydroxyl groups is 1. The van der Waals surface area contributed by atoms with E-state index in [9.17, 15) is 39.5 Å². The molecule has 1 aromatic rings. The van der Waals surface area contributed by atoms with Crippen molar-refractivity contribution in [1.82, 2.24) is 0 Å². The second-order valence-electron chi connectivity index (χ2n) is 4.35. The molecule has 12 heteroatoms. The van der Waals surface area contributed by atoms with Gasteiger partial charge >= 0.3 is 18.5 Å². The van der Waals surface area contributed by atoms with Crippen LogP contribution in [0.1, 0.15) is 22.7 Å². The Balaban J connectivity index is 0.00000484. The van der Waals surface area contributed by atoms with Gasteiger partial charge in [0.1, 0.15) is 0 Å². The number of rotatable bonds is 2. The monoisotopic (exact) mass is 377 g/mol. The van der Waals surface area contributed by atoms with Gasteiger partial charge in [0.2, 0.25) is 0 Å². The first-order valence-electron chi connectivity index (χ1n) is 5.44. The molecule has 0 fully saturated rings. The summed E-state index contributed by atoms with van der Waals surface area (Å²) >= 11 is 0. The summed E-state index contributed by atoms with van der Waals surface area (Å²) in [5, 5.41) is 8.88. The van der Waals surface area contributed by atoms with Crippen molar-refractivity contribution in [2.75, 3.05) is 0 Å². The lowest BCUT2D eigenvalue weighted by Gasteiger charge is -2.23. The largest absolute Gasteiger partial charge is 0.416 e. The van der Waals surface area contributed by atoms with Gasteiger partial charge in [-0.1, -0.05) is 0 Å². The maximum absolute atomic E-state index is 12.5. The third-order valence-corrected chi connectivity index (χ3v) is 2.67. The van der Waals surface area contributed by atoms with Crippen LogP contribution in [0.15, 0.2) is 18.2 Å². The van der Waals surface area contributed by atoms with Crippen molar-refractivity contribution < 1.29 is 44.6 Å². The Kier molecular flexibility index (Phi) is 6.38. The zero-order chi connectivity index (χ0) is 17.5. The molecule has 3 N–H and O–H groups in total. The van der Waals surface area contributed by atoms with Gasteiger partial charge in [-0.3, -0.25) is 0 Å². The van der Waals surface area contributed by atoms with Gasteiger partial charge in [0.25, 0.3) is 0 Å². The highest BCUT2D eigenvalue weighted by Gasteiger charge is 2.44. The van der Waals surface area contributed by atoms with Gasteiger partial charge in [0.05, 0.1) is 17.2 Å². The summed E-state index contributed by atoms with van der Waals surface area (Å²) in [5.41, 5.74) is 0.177. The predicted molar refractivity (Wildman–Crippen MR) is 62.7 cm³/mol. The molecule has 0 amide bonds. The van der Waals surface area contributed by atoms with Gasteiger partial charge in [-0.2, -0.15) is 39.5 Å². The highest BCUT2D eigenvalue weighted by Crippen LogP contribution is 2.38. The summed E-state index contributed by atoms with van der Waals surface area (Å²) in [5.74, 6) is 0. The van der Waals surface area contributed by atoms with E-state index in [1.54, 1.807) is 0 Å². The van der Waals surface area contributed by atoms with Crippen LogP contribution < -0.4 is 5.73 Å². The number of nitrogens with two attached hydrogens (primary N) is 1. The number of alkyl halides is 9. The smallest absolute Gasteiger partial charge is 0.382 e. The predicted octanol–water partition coefficient (Wildman–Crippen LogP) is 4.07. The maximum Gasteiger partial charge on any atom is 0.416 e. The van der Waals surface area contributed by atoms with Crippen molar-refractivity contribution in [2.24, 2.45) is 5.73 Å². The Bertz CT molecular complexity index is 506. The molecular weight excluding hydrogens is 369 g/mol. The molecule has 0 unspecified atom stereocenters. The topological polar surface area (TPSA) is 46.2 Å². The second kappa shape index (κ2) is 6.73. The highest BCUT2D eigenvalue weighted by atomic mass is 35.5. The molecule has 0 saturated heterocycles. The second-order valence-corrected chi connectivity index (χ2v) is 4.35. The molecule has 0 radical (unpaired) electrons. The van der Waals surface area contributed by atoms with Crippen LogP contribution >= 0.6 is 12.4 Å². The third-order valence-electron chi connectivity index (χ3n) is 2.67. The zero-order valence-electron chi connectivity index (χ0n) is 10.7. The summed E-state index contributed by atoms with van der Waals surface area (Å²) in [6.07, 6.45) is -19.1. The average molecular weight is 378 g/mol. The van der Waals surface area contributed by atoms with E-state index in [0.29, 0.717) is 0 Å². The first-order chi connectivity index (χ1) is 9.64. The number of hydrogen-bond acceptors (Lipinski definition) is 2. The first kappa shape index (κ1) is 21.8. The van der Waals surface area contributed by atoms with Crippen LogP contribution in [-0.2, 0) is 12.4 Å². The van der Waals surface area contributed by atoms with Crippen molar-refractivity contribution >= 4 is 12.4 Å². The SMILES string of the molecule is Cl.N[C@H](c1cc(C(F)(F)F)cc(C(F)(F)F)c1)[C@@H](O)C(F)(F)F. The Morgan fingerprint density at radius 3 is 1.39 bits per heavy atom. The van der Waals surface area contributed by atoms with Crippen LogP contribution in [0.2, 0.25) is 0 Å². The Hall–Kier alpha value is -1.20. The lowest BCUT2D eigenvalue weighted by molar-refractivity contribution is -0.210. The van der Waals surface area contributed by atoms with Gasteiger partial charge in [0, 0.05) is 0 Å². The highest BCUT2D eigenvalue weighted by molar-refractivity contribution is 5.85. The van der Waals surface area contributed by atoms with Gasteiger partial charge in [0.15, 0.2) is 6.10 Å². The molecule has 1 rings (SSSR count). The minimum Gasteiger partial charge on any atom is -0.382 e. The molecule has 2 atom stereocenters. The third kappa shape index (κ3) is 5.43. The van der Waals surface area contributed by atoms with Gasteiger partial charge in [-0.05, 0) is 23.8 Å². The number of halogens is 10. The van der Waals surface area contributed by atoms with Gasteiger partial charge in [-0.15, -0.1) is 12.4 Å². The Morgan fingerprint density at radius 2 is 1.13 bits per heavy atom. The Labute approximate surface area is 129 Å². The first-order valence-corrected chi connectivity index (χ1v) is 5.44. The van der Waals surface area contributed by atoms with E-state index < -0.39 is 47.4 Å². The van der Waals surface area contributed by atoms with Crippen LogP contribution in [0.25, 0.3) is 0 Å². The van der Waals surface area contributed by atoms with E-state index in [0.717, 1.165) is 0 Å². The summed E-state index contributed by atoms with van der Waals surface area (Å²) in [6, 6.07) is -2.68. The maximum atomic E-state index is 12.5. The molecule has 0 aromatic heterocycles. The summed E-state index contributed by atoms with van der Waals surface area (Å²) in [7, 11) is 0. The normalized spacial score (nSPS) is 15.8. The molecule has 2 nitrogen and oxygen atoms in total. The van der Waals surface area contributed by atoms with Crippen LogP contribution in [0.3, 0.4) is 0 Å². The molecule has 0 saturated carbocycles. The molecular formula is C11H9ClF9NO. The minimum absolute atomic E-state index is 0. The van der Waals surface area contributed by atoms with Crippen LogP contribution in [-0.4, -0.2) is 17.4 Å². The van der Waals surface area contributed by atoms with E-state index in [1.807, 2.05) is 0 Å². The fourth-order valence-electron chi connectivity index (χ4n) is 1.56. The summed E-state index contributed by atoms with van der Waals surface area (Å²) in [4.78, 5) is 0. The zero-order valence-corrected chi connectivity index (χ0v) is 11.5. The minimum atomic E-state index is -5.30. The van der Waals surface area contributed by atoms with Crippen molar-refractivity contribution in [1.29, 1.82) is 0 Å². The molecule has 0 spiro atoms. The van der Waals surface area contributed by atoms with Gasteiger partial charge in [-0.25, -0.2) is 0 Å². The molecule has 0 aliphatic heterocycles. The summed E-state index contributed by atoms with van der Waals surface area (Å²) in [6.45, 7) is 0. The van der Waals surface area contributed by atoms with Crippen LogP contribution in [0.5, 0.6) is 0 Å². The van der Waals surface area contributed by atoms with Gasteiger partial charge < -0.3 is 10.8 Å².